The predicted octanol–water partition coefficient (Wildman–Crippen LogP) is 1.05. The van der Waals surface area contributed by atoms with Gasteiger partial charge in [0.1, 0.15) is 0 Å². The zero-order valence-electron chi connectivity index (χ0n) is 8.96. The molecule has 3 nitrogen and oxygen atoms in total. The number of rotatable bonds is 4. The van der Waals surface area contributed by atoms with E-state index < -0.39 is 5.60 Å². The largest absolute Gasteiger partial charge is 0.389 e. The van der Waals surface area contributed by atoms with Gasteiger partial charge >= 0.3 is 0 Å². The van der Waals surface area contributed by atoms with E-state index in [0.29, 0.717) is 6.54 Å². The molecule has 0 bridgehead atoms. The van der Waals surface area contributed by atoms with Gasteiger partial charge in [0.15, 0.2) is 0 Å². The van der Waals surface area contributed by atoms with Crippen molar-refractivity contribution in [3.8, 4) is 0 Å². The molecule has 0 amide bonds. The molecule has 0 heterocycles. The van der Waals surface area contributed by atoms with Crippen molar-refractivity contribution in [1.29, 1.82) is 0 Å². The van der Waals surface area contributed by atoms with Gasteiger partial charge in [0, 0.05) is 31.4 Å². The molecule has 2 saturated carbocycles. The van der Waals surface area contributed by atoms with Crippen LogP contribution in [0, 0.1) is 5.41 Å². The number of hydrogen-bond donors (Lipinski definition) is 2. The van der Waals surface area contributed by atoms with Gasteiger partial charge in [0.25, 0.3) is 0 Å². The van der Waals surface area contributed by atoms with Gasteiger partial charge in [-0.05, 0) is 19.8 Å². The standard InChI is InChI=1S/C11H21NO2/c1-2-14-9-6-11(13,7-9)10(8-12)4-3-5-10/h9,13H,2-8,12H2,1H3. The van der Waals surface area contributed by atoms with Crippen molar-refractivity contribution in [3.63, 3.8) is 0 Å². The highest BCUT2D eigenvalue weighted by Gasteiger charge is 2.59. The first kappa shape index (κ1) is 10.4. The highest BCUT2D eigenvalue weighted by molar-refractivity contribution is 5.11. The fourth-order valence-electron chi connectivity index (χ4n) is 2.94. The summed E-state index contributed by atoms with van der Waals surface area (Å²) in [6.45, 7) is 3.37. The highest BCUT2D eigenvalue weighted by Crippen LogP contribution is 2.56. The van der Waals surface area contributed by atoms with Crippen LogP contribution in [0.3, 0.4) is 0 Å². The van der Waals surface area contributed by atoms with E-state index >= 15 is 0 Å². The Morgan fingerprint density at radius 1 is 1.43 bits per heavy atom. The molecule has 2 rings (SSSR count). The van der Waals surface area contributed by atoms with Crippen LogP contribution in [0.2, 0.25) is 0 Å². The Kier molecular flexibility index (Phi) is 2.58. The van der Waals surface area contributed by atoms with Crippen LogP contribution in [0.1, 0.15) is 39.0 Å². The van der Waals surface area contributed by atoms with Crippen molar-refractivity contribution in [2.75, 3.05) is 13.2 Å². The topological polar surface area (TPSA) is 55.5 Å². The summed E-state index contributed by atoms with van der Waals surface area (Å²) in [5.41, 5.74) is 5.30. The maximum absolute atomic E-state index is 10.4. The number of hydrogen-bond acceptors (Lipinski definition) is 3. The lowest BCUT2D eigenvalue weighted by atomic mass is 9.51. The molecule has 0 atom stereocenters. The van der Waals surface area contributed by atoms with Gasteiger partial charge in [-0.1, -0.05) is 6.42 Å². The van der Waals surface area contributed by atoms with E-state index in [1.54, 1.807) is 0 Å². The lowest BCUT2D eigenvalue weighted by Crippen LogP contribution is -2.64. The molecule has 3 N–H and O–H groups in total. The Bertz CT molecular complexity index is 202. The molecule has 14 heavy (non-hydrogen) atoms. The molecule has 0 radical (unpaired) electrons. The summed E-state index contributed by atoms with van der Waals surface area (Å²) >= 11 is 0. The average molecular weight is 199 g/mol. The molecule has 2 fully saturated rings. The average Bonchev–Trinajstić information content (AvgIpc) is 2.01. The molecule has 0 aromatic carbocycles. The summed E-state index contributed by atoms with van der Waals surface area (Å²) < 4.78 is 5.48. The first-order valence-electron chi connectivity index (χ1n) is 5.70. The maximum atomic E-state index is 10.4. The Balaban J connectivity index is 1.92. The third-order valence-corrected chi connectivity index (χ3v) is 4.22. The van der Waals surface area contributed by atoms with Gasteiger partial charge in [0.2, 0.25) is 0 Å². The summed E-state index contributed by atoms with van der Waals surface area (Å²) in [7, 11) is 0. The van der Waals surface area contributed by atoms with Gasteiger partial charge in [-0.3, -0.25) is 0 Å². The van der Waals surface area contributed by atoms with E-state index in [1.165, 1.54) is 6.42 Å². The minimum Gasteiger partial charge on any atom is -0.389 e. The van der Waals surface area contributed by atoms with E-state index in [4.69, 9.17) is 10.5 Å². The van der Waals surface area contributed by atoms with E-state index in [-0.39, 0.29) is 11.5 Å². The van der Waals surface area contributed by atoms with Gasteiger partial charge in [-0.15, -0.1) is 0 Å². The Labute approximate surface area is 85.6 Å². The van der Waals surface area contributed by atoms with E-state index in [2.05, 4.69) is 0 Å². The van der Waals surface area contributed by atoms with Crippen LogP contribution in [-0.4, -0.2) is 30.0 Å². The predicted molar refractivity (Wildman–Crippen MR) is 54.9 cm³/mol. The molecule has 3 heteroatoms. The molecular formula is C11H21NO2. The quantitative estimate of drug-likeness (QED) is 0.711. The second kappa shape index (κ2) is 3.47. The van der Waals surface area contributed by atoms with Crippen molar-refractivity contribution in [3.05, 3.63) is 0 Å². The van der Waals surface area contributed by atoms with E-state index in [1.807, 2.05) is 6.92 Å². The molecule has 0 saturated heterocycles. The van der Waals surface area contributed by atoms with Crippen LogP contribution in [0.25, 0.3) is 0 Å². The molecule has 0 aromatic heterocycles. The van der Waals surface area contributed by atoms with Crippen LogP contribution in [0.15, 0.2) is 0 Å². The first-order valence-corrected chi connectivity index (χ1v) is 5.70. The lowest BCUT2D eigenvalue weighted by Gasteiger charge is -2.59. The van der Waals surface area contributed by atoms with Crippen LogP contribution in [0.5, 0.6) is 0 Å². The zero-order chi connectivity index (χ0) is 10.2. The Hall–Kier alpha value is -0.120. The molecule has 2 aliphatic rings. The minimum absolute atomic E-state index is 0.0284. The summed E-state index contributed by atoms with van der Waals surface area (Å²) in [5.74, 6) is 0. The SMILES string of the molecule is CCOC1CC(O)(C2(CN)CCC2)C1. The summed E-state index contributed by atoms with van der Waals surface area (Å²) in [6, 6.07) is 0. The maximum Gasteiger partial charge on any atom is 0.0765 e. The van der Waals surface area contributed by atoms with Crippen LogP contribution in [0.4, 0.5) is 0 Å². The highest BCUT2D eigenvalue weighted by atomic mass is 16.5. The molecule has 0 spiro atoms. The van der Waals surface area contributed by atoms with Crippen molar-refractivity contribution in [2.45, 2.75) is 50.7 Å². The number of aliphatic hydroxyl groups is 1. The third-order valence-electron chi connectivity index (χ3n) is 4.22. The van der Waals surface area contributed by atoms with Gasteiger partial charge in [0.05, 0.1) is 11.7 Å². The first-order chi connectivity index (χ1) is 6.66. The molecule has 82 valence electrons. The molecule has 2 aliphatic carbocycles. The van der Waals surface area contributed by atoms with Gasteiger partial charge < -0.3 is 15.6 Å². The normalized spacial score (nSPS) is 40.1. The monoisotopic (exact) mass is 199 g/mol. The number of nitrogens with two attached hydrogens (primary N) is 1. The van der Waals surface area contributed by atoms with Crippen molar-refractivity contribution < 1.29 is 9.84 Å². The smallest absolute Gasteiger partial charge is 0.0765 e. The molecular weight excluding hydrogens is 178 g/mol. The summed E-state index contributed by atoms with van der Waals surface area (Å²) in [4.78, 5) is 0. The van der Waals surface area contributed by atoms with Crippen molar-refractivity contribution in [2.24, 2.45) is 11.1 Å². The summed E-state index contributed by atoms with van der Waals surface area (Å²) in [5, 5.41) is 10.4. The van der Waals surface area contributed by atoms with Crippen LogP contribution >= 0.6 is 0 Å². The van der Waals surface area contributed by atoms with Crippen LogP contribution < -0.4 is 5.73 Å². The van der Waals surface area contributed by atoms with Gasteiger partial charge in [-0.25, -0.2) is 0 Å². The molecule has 0 unspecified atom stereocenters. The second-order valence-electron chi connectivity index (χ2n) is 4.86. The van der Waals surface area contributed by atoms with Gasteiger partial charge in [-0.2, -0.15) is 0 Å². The zero-order valence-corrected chi connectivity index (χ0v) is 8.96. The lowest BCUT2D eigenvalue weighted by molar-refractivity contribution is -0.221. The van der Waals surface area contributed by atoms with Crippen LogP contribution in [-0.2, 0) is 4.74 Å². The fourth-order valence-corrected chi connectivity index (χ4v) is 2.94. The van der Waals surface area contributed by atoms with E-state index in [9.17, 15) is 5.11 Å². The Morgan fingerprint density at radius 2 is 2.07 bits per heavy atom. The van der Waals surface area contributed by atoms with E-state index in [0.717, 1.165) is 32.3 Å². The number of ether oxygens (including phenoxy) is 1. The van der Waals surface area contributed by atoms with Crippen molar-refractivity contribution >= 4 is 0 Å². The third kappa shape index (κ3) is 1.30. The van der Waals surface area contributed by atoms with Crippen molar-refractivity contribution in [1.82, 2.24) is 0 Å². The minimum atomic E-state index is -0.514. The summed E-state index contributed by atoms with van der Waals surface area (Å²) in [6.07, 6.45) is 5.26. The molecule has 0 aromatic rings. The molecule has 0 aliphatic heterocycles. The fraction of sp³-hybridized carbons (Fsp3) is 1.00. The Morgan fingerprint density at radius 3 is 2.43 bits per heavy atom. The second-order valence-corrected chi connectivity index (χ2v) is 4.86.